The quantitative estimate of drug-likeness (QED) is 0.569. The van der Waals surface area contributed by atoms with Crippen molar-refractivity contribution in [2.75, 3.05) is 12.4 Å². The average Bonchev–Trinajstić information content (AvgIpc) is 2.73. The molecule has 148 valence electrons. The summed E-state index contributed by atoms with van der Waals surface area (Å²) in [5, 5.41) is 3.05. The lowest BCUT2D eigenvalue weighted by Crippen LogP contribution is -2.26. The van der Waals surface area contributed by atoms with Gasteiger partial charge in [-0.25, -0.2) is 4.79 Å². The number of nitrogens with one attached hydrogen (secondary N) is 1. The lowest BCUT2D eigenvalue weighted by Gasteiger charge is -2.19. The molecule has 0 aromatic heterocycles. The van der Waals surface area contributed by atoms with E-state index in [1.54, 1.807) is 60.7 Å². The predicted octanol–water partition coefficient (Wildman–Crippen LogP) is 5.19. The second-order valence-electron chi connectivity index (χ2n) is 6.37. The number of esters is 1. The van der Waals surface area contributed by atoms with Gasteiger partial charge in [0.25, 0.3) is 5.91 Å². The summed E-state index contributed by atoms with van der Waals surface area (Å²) in [4.78, 5) is 25.7. The van der Waals surface area contributed by atoms with Crippen LogP contribution in [0.25, 0.3) is 0 Å². The maximum atomic E-state index is 13.1. The fourth-order valence-corrected chi connectivity index (χ4v) is 3.03. The fraction of sp³-hybridized carbons (Fsp3) is 0.130. The first-order chi connectivity index (χ1) is 14.0. The molecule has 1 atom stereocenters. The van der Waals surface area contributed by atoms with E-state index in [0.29, 0.717) is 17.0 Å². The molecule has 0 aliphatic rings. The van der Waals surface area contributed by atoms with Crippen molar-refractivity contribution in [3.8, 4) is 5.75 Å². The zero-order valence-corrected chi connectivity index (χ0v) is 16.8. The summed E-state index contributed by atoms with van der Waals surface area (Å²) in [7, 11) is 1.52. The lowest BCUT2D eigenvalue weighted by molar-refractivity contribution is -0.125. The lowest BCUT2D eigenvalue weighted by atomic mass is 10.1. The maximum absolute atomic E-state index is 13.1. The Morgan fingerprint density at radius 3 is 2.34 bits per heavy atom. The van der Waals surface area contributed by atoms with Crippen molar-refractivity contribution in [3.05, 3.63) is 94.5 Å². The fourth-order valence-electron chi connectivity index (χ4n) is 2.82. The Morgan fingerprint density at radius 2 is 1.66 bits per heavy atom. The van der Waals surface area contributed by atoms with Gasteiger partial charge in [0, 0.05) is 5.56 Å². The van der Waals surface area contributed by atoms with Gasteiger partial charge in [-0.3, -0.25) is 4.79 Å². The molecule has 0 fully saturated rings. The molecule has 0 aliphatic heterocycles. The van der Waals surface area contributed by atoms with Gasteiger partial charge < -0.3 is 14.8 Å². The van der Waals surface area contributed by atoms with Crippen LogP contribution in [0.1, 0.15) is 27.6 Å². The molecule has 0 heterocycles. The zero-order valence-electron chi connectivity index (χ0n) is 16.0. The summed E-state index contributed by atoms with van der Waals surface area (Å²) in [5.41, 5.74) is 2.17. The van der Waals surface area contributed by atoms with E-state index in [-0.39, 0.29) is 10.6 Å². The molecule has 0 saturated carbocycles. The minimum atomic E-state index is -1.16. The predicted molar refractivity (Wildman–Crippen MR) is 112 cm³/mol. The van der Waals surface area contributed by atoms with Crippen LogP contribution in [0, 0.1) is 6.92 Å². The number of hydrogen-bond donors (Lipinski definition) is 1. The second kappa shape index (κ2) is 9.26. The van der Waals surface area contributed by atoms with Crippen molar-refractivity contribution >= 4 is 29.2 Å². The molecule has 1 unspecified atom stereocenters. The number of amides is 1. The van der Waals surface area contributed by atoms with E-state index in [9.17, 15) is 9.59 Å². The molecule has 29 heavy (non-hydrogen) atoms. The third-order valence-corrected chi connectivity index (χ3v) is 4.60. The van der Waals surface area contributed by atoms with Crippen LogP contribution >= 0.6 is 11.6 Å². The van der Waals surface area contributed by atoms with Crippen LogP contribution in [0.15, 0.2) is 72.8 Å². The second-order valence-corrected chi connectivity index (χ2v) is 6.78. The number of rotatable bonds is 6. The molecule has 0 spiro atoms. The Labute approximate surface area is 174 Å². The highest BCUT2D eigenvalue weighted by molar-refractivity contribution is 6.33. The molecule has 0 saturated heterocycles. The summed E-state index contributed by atoms with van der Waals surface area (Å²) < 4.78 is 10.9. The molecular weight excluding hydrogens is 390 g/mol. The first-order valence-electron chi connectivity index (χ1n) is 8.95. The molecule has 0 bridgehead atoms. The number of anilines is 1. The van der Waals surface area contributed by atoms with Crippen molar-refractivity contribution in [2.24, 2.45) is 0 Å². The standard InChI is InChI=1S/C23H20ClNO4/c1-15-12-13-20(28-2)19(14-15)25-22(26)21(16-8-4-3-5-9-16)29-23(27)17-10-6-7-11-18(17)24/h3-14,21H,1-2H3,(H,25,26). The van der Waals surface area contributed by atoms with E-state index in [1.165, 1.54) is 7.11 Å². The average molecular weight is 410 g/mol. The number of methoxy groups -OCH3 is 1. The van der Waals surface area contributed by atoms with Gasteiger partial charge in [-0.05, 0) is 36.8 Å². The smallest absolute Gasteiger partial charge is 0.340 e. The third kappa shape index (κ3) is 4.95. The highest BCUT2D eigenvalue weighted by Crippen LogP contribution is 2.28. The molecule has 5 nitrogen and oxygen atoms in total. The van der Waals surface area contributed by atoms with Crippen molar-refractivity contribution < 1.29 is 19.1 Å². The topological polar surface area (TPSA) is 64.6 Å². The van der Waals surface area contributed by atoms with Crippen LogP contribution in [0.2, 0.25) is 5.02 Å². The van der Waals surface area contributed by atoms with Gasteiger partial charge in [-0.2, -0.15) is 0 Å². The van der Waals surface area contributed by atoms with Crippen molar-refractivity contribution in [3.63, 3.8) is 0 Å². The van der Waals surface area contributed by atoms with E-state index in [4.69, 9.17) is 21.1 Å². The Bertz CT molecular complexity index is 1020. The molecule has 0 aliphatic carbocycles. The van der Waals surface area contributed by atoms with Gasteiger partial charge in [0.15, 0.2) is 0 Å². The first-order valence-corrected chi connectivity index (χ1v) is 9.33. The minimum Gasteiger partial charge on any atom is -0.495 e. The maximum Gasteiger partial charge on any atom is 0.340 e. The summed E-state index contributed by atoms with van der Waals surface area (Å²) in [6.45, 7) is 1.90. The van der Waals surface area contributed by atoms with Gasteiger partial charge in [0.2, 0.25) is 6.10 Å². The number of carbonyl (C=O) groups excluding carboxylic acids is 2. The number of hydrogen-bond acceptors (Lipinski definition) is 4. The van der Waals surface area contributed by atoms with Gasteiger partial charge in [-0.1, -0.05) is 60.1 Å². The summed E-state index contributed by atoms with van der Waals surface area (Å²) in [6, 6.07) is 20.8. The van der Waals surface area contributed by atoms with E-state index in [2.05, 4.69) is 5.32 Å². The molecular formula is C23H20ClNO4. The zero-order chi connectivity index (χ0) is 20.8. The van der Waals surface area contributed by atoms with Crippen molar-refractivity contribution in [1.82, 2.24) is 0 Å². The minimum absolute atomic E-state index is 0.191. The Morgan fingerprint density at radius 1 is 0.966 bits per heavy atom. The summed E-state index contributed by atoms with van der Waals surface area (Å²) in [5.74, 6) is -0.676. The highest BCUT2D eigenvalue weighted by Gasteiger charge is 2.27. The van der Waals surface area contributed by atoms with Gasteiger partial charge >= 0.3 is 5.97 Å². The van der Waals surface area contributed by atoms with Crippen LogP contribution in [-0.2, 0) is 9.53 Å². The number of carbonyl (C=O) groups is 2. The molecule has 1 N–H and O–H groups in total. The van der Waals surface area contributed by atoms with Crippen LogP contribution in [-0.4, -0.2) is 19.0 Å². The van der Waals surface area contributed by atoms with Crippen molar-refractivity contribution in [1.29, 1.82) is 0 Å². The van der Waals surface area contributed by atoms with Crippen LogP contribution in [0.5, 0.6) is 5.75 Å². The summed E-state index contributed by atoms with van der Waals surface area (Å²) in [6.07, 6.45) is -1.16. The molecule has 1 amide bonds. The van der Waals surface area contributed by atoms with Gasteiger partial charge in [0.05, 0.1) is 23.4 Å². The third-order valence-electron chi connectivity index (χ3n) is 4.27. The van der Waals surface area contributed by atoms with Crippen molar-refractivity contribution in [2.45, 2.75) is 13.0 Å². The molecule has 6 heteroatoms. The van der Waals surface area contributed by atoms with Crippen LogP contribution in [0.4, 0.5) is 5.69 Å². The van der Waals surface area contributed by atoms with E-state index >= 15 is 0 Å². The summed E-state index contributed by atoms with van der Waals surface area (Å²) >= 11 is 6.10. The SMILES string of the molecule is COc1ccc(C)cc1NC(=O)C(OC(=O)c1ccccc1Cl)c1ccccc1. The van der Waals surface area contributed by atoms with Crippen LogP contribution in [0.3, 0.4) is 0 Å². The number of halogens is 1. The van der Waals surface area contributed by atoms with Crippen LogP contribution < -0.4 is 10.1 Å². The molecule has 3 rings (SSSR count). The Balaban J connectivity index is 1.90. The van der Waals surface area contributed by atoms with Gasteiger partial charge in [0.1, 0.15) is 5.75 Å². The highest BCUT2D eigenvalue weighted by atomic mass is 35.5. The van der Waals surface area contributed by atoms with Gasteiger partial charge in [-0.15, -0.1) is 0 Å². The normalized spacial score (nSPS) is 11.4. The molecule has 3 aromatic rings. The van der Waals surface area contributed by atoms with E-state index in [0.717, 1.165) is 5.56 Å². The molecule has 0 radical (unpaired) electrons. The number of benzene rings is 3. The molecule has 3 aromatic carbocycles. The Kier molecular flexibility index (Phi) is 6.52. The first kappa shape index (κ1) is 20.4. The number of ether oxygens (including phenoxy) is 2. The van der Waals surface area contributed by atoms with E-state index < -0.39 is 18.0 Å². The largest absolute Gasteiger partial charge is 0.495 e. The Hall–Kier alpha value is -3.31. The van der Waals surface area contributed by atoms with E-state index in [1.807, 2.05) is 19.1 Å². The monoisotopic (exact) mass is 409 g/mol. The number of aryl methyl sites for hydroxylation is 1.